The maximum absolute atomic E-state index is 11.6. The number of benzene rings is 1. The molecule has 20 heavy (non-hydrogen) atoms. The van der Waals surface area contributed by atoms with Gasteiger partial charge in [-0.05, 0) is 31.0 Å². The fraction of sp³-hybridized carbons (Fsp3) is 0.571. The van der Waals surface area contributed by atoms with Crippen molar-refractivity contribution in [3.63, 3.8) is 0 Å². The van der Waals surface area contributed by atoms with Crippen molar-refractivity contribution in [2.24, 2.45) is 0 Å². The molecule has 0 saturated carbocycles. The van der Waals surface area contributed by atoms with E-state index in [0.717, 1.165) is 17.1 Å². The van der Waals surface area contributed by atoms with Gasteiger partial charge in [-0.2, -0.15) is 0 Å². The van der Waals surface area contributed by atoms with Crippen molar-refractivity contribution in [3.05, 3.63) is 23.8 Å². The second-order valence-corrected chi connectivity index (χ2v) is 7.92. The normalized spacial score (nSPS) is 27.4. The Hall–Kier alpha value is -1.27. The van der Waals surface area contributed by atoms with Gasteiger partial charge in [0.05, 0.1) is 11.5 Å². The van der Waals surface area contributed by atoms with Gasteiger partial charge in [0.1, 0.15) is 13.2 Å². The van der Waals surface area contributed by atoms with E-state index in [-0.39, 0.29) is 17.0 Å². The third kappa shape index (κ3) is 2.91. The van der Waals surface area contributed by atoms with Crippen molar-refractivity contribution in [1.29, 1.82) is 0 Å². The van der Waals surface area contributed by atoms with Crippen LogP contribution in [0.3, 0.4) is 0 Å². The monoisotopic (exact) mass is 297 g/mol. The largest absolute Gasteiger partial charge is 0.486 e. The van der Waals surface area contributed by atoms with Crippen LogP contribution in [0.4, 0.5) is 0 Å². The molecular weight excluding hydrogens is 278 g/mol. The number of rotatable bonds is 3. The van der Waals surface area contributed by atoms with Crippen LogP contribution in [0, 0.1) is 0 Å². The summed E-state index contributed by atoms with van der Waals surface area (Å²) in [6, 6.07) is 5.83. The molecule has 1 saturated heterocycles. The number of hydrogen-bond donors (Lipinski definition) is 1. The van der Waals surface area contributed by atoms with E-state index in [4.69, 9.17) is 9.47 Å². The molecule has 5 nitrogen and oxygen atoms in total. The summed E-state index contributed by atoms with van der Waals surface area (Å²) in [6.07, 6.45) is 0.667. The molecule has 0 bridgehead atoms. The summed E-state index contributed by atoms with van der Waals surface area (Å²) >= 11 is 0. The molecule has 1 aromatic carbocycles. The van der Waals surface area contributed by atoms with Gasteiger partial charge in [-0.15, -0.1) is 0 Å². The SMILES string of the molecule is CC1(NCc2ccc3c(c2)OCCO3)CCS(=O)(=O)C1. The van der Waals surface area contributed by atoms with Gasteiger partial charge < -0.3 is 14.8 Å². The highest BCUT2D eigenvalue weighted by atomic mass is 32.2. The Balaban J connectivity index is 1.67. The summed E-state index contributed by atoms with van der Waals surface area (Å²) < 4.78 is 34.2. The lowest BCUT2D eigenvalue weighted by atomic mass is 10.0. The van der Waals surface area contributed by atoms with E-state index in [9.17, 15) is 8.42 Å². The number of fused-ring (bicyclic) bond motifs is 1. The minimum Gasteiger partial charge on any atom is -0.486 e. The van der Waals surface area contributed by atoms with Crippen LogP contribution < -0.4 is 14.8 Å². The molecule has 1 unspecified atom stereocenters. The van der Waals surface area contributed by atoms with E-state index in [2.05, 4.69) is 5.32 Å². The molecule has 110 valence electrons. The molecule has 1 N–H and O–H groups in total. The van der Waals surface area contributed by atoms with Crippen molar-refractivity contribution in [1.82, 2.24) is 5.32 Å². The van der Waals surface area contributed by atoms with Crippen molar-refractivity contribution >= 4 is 9.84 Å². The third-order valence-electron chi connectivity index (χ3n) is 3.83. The zero-order valence-electron chi connectivity index (χ0n) is 11.5. The Morgan fingerprint density at radius 3 is 2.70 bits per heavy atom. The predicted octanol–water partition coefficient (Wildman–Crippen LogP) is 1.12. The van der Waals surface area contributed by atoms with E-state index < -0.39 is 9.84 Å². The van der Waals surface area contributed by atoms with E-state index in [0.29, 0.717) is 26.2 Å². The summed E-state index contributed by atoms with van der Waals surface area (Å²) in [4.78, 5) is 0. The first kappa shape index (κ1) is 13.7. The topological polar surface area (TPSA) is 64.6 Å². The van der Waals surface area contributed by atoms with Crippen molar-refractivity contribution < 1.29 is 17.9 Å². The lowest BCUT2D eigenvalue weighted by Crippen LogP contribution is -2.42. The van der Waals surface area contributed by atoms with E-state index in [1.54, 1.807) is 0 Å². The lowest BCUT2D eigenvalue weighted by molar-refractivity contribution is 0.171. The van der Waals surface area contributed by atoms with Gasteiger partial charge in [-0.3, -0.25) is 0 Å². The quantitative estimate of drug-likeness (QED) is 0.906. The van der Waals surface area contributed by atoms with Crippen molar-refractivity contribution in [2.75, 3.05) is 24.7 Å². The maximum Gasteiger partial charge on any atom is 0.161 e. The van der Waals surface area contributed by atoms with E-state index >= 15 is 0 Å². The van der Waals surface area contributed by atoms with Crippen LogP contribution in [0.15, 0.2) is 18.2 Å². The third-order valence-corrected chi connectivity index (χ3v) is 5.73. The molecule has 3 rings (SSSR count). The molecule has 0 aromatic heterocycles. The molecule has 0 amide bonds. The highest BCUT2D eigenvalue weighted by Gasteiger charge is 2.37. The molecule has 0 aliphatic carbocycles. The summed E-state index contributed by atoms with van der Waals surface area (Å²) in [6.45, 7) is 3.75. The van der Waals surface area contributed by atoms with Crippen molar-refractivity contribution in [2.45, 2.75) is 25.4 Å². The molecule has 0 radical (unpaired) electrons. The van der Waals surface area contributed by atoms with Gasteiger partial charge in [0.15, 0.2) is 21.3 Å². The first-order valence-corrected chi connectivity index (χ1v) is 8.62. The fourth-order valence-electron chi connectivity index (χ4n) is 2.66. The predicted molar refractivity (Wildman–Crippen MR) is 75.9 cm³/mol. The van der Waals surface area contributed by atoms with E-state index in [1.807, 2.05) is 25.1 Å². The van der Waals surface area contributed by atoms with Crippen LogP contribution in [0.5, 0.6) is 11.5 Å². The summed E-state index contributed by atoms with van der Waals surface area (Å²) in [5, 5.41) is 3.36. The molecule has 1 aromatic rings. The number of ether oxygens (including phenoxy) is 2. The van der Waals surface area contributed by atoms with Gasteiger partial charge in [0.25, 0.3) is 0 Å². The average molecular weight is 297 g/mol. The van der Waals surface area contributed by atoms with Crippen LogP contribution in [0.25, 0.3) is 0 Å². The Kier molecular flexibility index (Phi) is 3.38. The first-order valence-electron chi connectivity index (χ1n) is 6.80. The number of sulfone groups is 1. The Morgan fingerprint density at radius 1 is 1.25 bits per heavy atom. The Morgan fingerprint density at radius 2 is 2.00 bits per heavy atom. The minimum atomic E-state index is -2.88. The van der Waals surface area contributed by atoms with Gasteiger partial charge >= 0.3 is 0 Å². The minimum absolute atomic E-state index is 0.213. The fourth-order valence-corrected chi connectivity index (χ4v) is 4.79. The number of hydrogen-bond acceptors (Lipinski definition) is 5. The molecule has 6 heteroatoms. The summed E-state index contributed by atoms with van der Waals surface area (Å²) in [5.74, 6) is 2.02. The zero-order chi connectivity index (χ0) is 14.2. The molecule has 2 aliphatic rings. The van der Waals surface area contributed by atoms with Crippen LogP contribution >= 0.6 is 0 Å². The average Bonchev–Trinajstić information content (AvgIpc) is 2.71. The van der Waals surface area contributed by atoms with Gasteiger partial charge in [0, 0.05) is 12.1 Å². The van der Waals surface area contributed by atoms with Crippen molar-refractivity contribution in [3.8, 4) is 11.5 Å². The molecule has 1 atom stereocenters. The summed E-state index contributed by atoms with van der Waals surface area (Å²) in [5.41, 5.74) is 0.742. The smallest absolute Gasteiger partial charge is 0.161 e. The highest BCUT2D eigenvalue weighted by Crippen LogP contribution is 2.31. The molecule has 0 spiro atoms. The number of nitrogens with one attached hydrogen (secondary N) is 1. The van der Waals surface area contributed by atoms with E-state index in [1.165, 1.54) is 0 Å². The van der Waals surface area contributed by atoms with Crippen LogP contribution in [-0.2, 0) is 16.4 Å². The molecule has 2 aliphatic heterocycles. The lowest BCUT2D eigenvalue weighted by Gasteiger charge is -2.24. The standard InChI is InChI=1S/C14H19NO4S/c1-14(4-7-20(16,17)10-14)15-9-11-2-3-12-13(8-11)19-6-5-18-12/h2-3,8,15H,4-7,9-10H2,1H3. The van der Waals surface area contributed by atoms with Crippen LogP contribution in [0.2, 0.25) is 0 Å². The van der Waals surface area contributed by atoms with Gasteiger partial charge in [0.2, 0.25) is 0 Å². The highest BCUT2D eigenvalue weighted by molar-refractivity contribution is 7.91. The second kappa shape index (κ2) is 4.93. The van der Waals surface area contributed by atoms with Crippen LogP contribution in [-0.4, -0.2) is 38.7 Å². The zero-order valence-corrected chi connectivity index (χ0v) is 12.3. The molecule has 2 heterocycles. The first-order chi connectivity index (χ1) is 9.46. The maximum atomic E-state index is 11.6. The Labute approximate surface area is 119 Å². The summed E-state index contributed by atoms with van der Waals surface area (Å²) in [7, 11) is -2.88. The second-order valence-electron chi connectivity index (χ2n) is 5.73. The molecule has 1 fully saturated rings. The molecular formula is C14H19NO4S. The van der Waals surface area contributed by atoms with Gasteiger partial charge in [-0.1, -0.05) is 6.07 Å². The Bertz CT molecular complexity index is 614. The van der Waals surface area contributed by atoms with Crippen LogP contribution in [0.1, 0.15) is 18.9 Å². The van der Waals surface area contributed by atoms with Gasteiger partial charge in [-0.25, -0.2) is 8.42 Å².